The number of nitrogens with zero attached hydrogens (tertiary/aromatic N) is 3. The molecule has 0 amide bonds. The topological polar surface area (TPSA) is 54.2 Å². The van der Waals surface area contributed by atoms with Crippen molar-refractivity contribution in [1.29, 1.82) is 0 Å². The van der Waals surface area contributed by atoms with E-state index in [0.29, 0.717) is 5.92 Å². The van der Waals surface area contributed by atoms with Crippen LogP contribution in [0.4, 0.5) is 0 Å². The molecule has 1 rings (SSSR count). The van der Waals surface area contributed by atoms with Gasteiger partial charge >= 0.3 is 0 Å². The maximum absolute atomic E-state index is 4.43. The largest absolute Gasteiger partial charge is 0.356 e. The molecule has 122 valence electrons. The van der Waals surface area contributed by atoms with E-state index in [-0.39, 0.29) is 24.0 Å². The molecule has 6 heteroatoms. The summed E-state index contributed by atoms with van der Waals surface area (Å²) in [5.74, 6) is 1.56. The minimum Gasteiger partial charge on any atom is -0.356 e. The van der Waals surface area contributed by atoms with E-state index >= 15 is 0 Å². The lowest BCUT2D eigenvalue weighted by Crippen LogP contribution is -2.39. The molecule has 0 saturated heterocycles. The molecule has 5 nitrogen and oxygen atoms in total. The Morgan fingerprint density at radius 2 is 1.86 bits per heavy atom. The average molecular weight is 407 g/mol. The standard InChI is InChI=1S/C15H29N5.HI/c1-7-13(8-2)9-17-15(16-5)18-10-14-11(3)19-20(6)12(14)4;/h13H,7-10H2,1-6H3,(H2,16,17,18);1H. The number of halogens is 1. The van der Waals surface area contributed by atoms with Gasteiger partial charge in [0.05, 0.1) is 5.69 Å². The van der Waals surface area contributed by atoms with Gasteiger partial charge in [-0.2, -0.15) is 5.10 Å². The number of hydrogen-bond donors (Lipinski definition) is 2. The zero-order chi connectivity index (χ0) is 15.1. The number of aryl methyl sites for hydroxylation is 2. The number of hydrogen-bond acceptors (Lipinski definition) is 2. The van der Waals surface area contributed by atoms with Crippen LogP contribution in [0.2, 0.25) is 0 Å². The molecule has 0 fully saturated rings. The van der Waals surface area contributed by atoms with E-state index in [2.05, 4.69) is 41.5 Å². The minimum absolute atomic E-state index is 0. The second kappa shape index (κ2) is 10.0. The molecule has 0 unspecified atom stereocenters. The Hall–Kier alpha value is -0.790. The smallest absolute Gasteiger partial charge is 0.191 e. The molecule has 21 heavy (non-hydrogen) atoms. The van der Waals surface area contributed by atoms with Crippen LogP contribution in [0.5, 0.6) is 0 Å². The van der Waals surface area contributed by atoms with Gasteiger partial charge in [0.15, 0.2) is 5.96 Å². The molecular weight excluding hydrogens is 377 g/mol. The van der Waals surface area contributed by atoms with Crippen molar-refractivity contribution in [3.8, 4) is 0 Å². The summed E-state index contributed by atoms with van der Waals surface area (Å²) in [6.07, 6.45) is 2.39. The highest BCUT2D eigenvalue weighted by molar-refractivity contribution is 14.0. The van der Waals surface area contributed by atoms with Crippen LogP contribution in [0.3, 0.4) is 0 Å². The molecule has 1 heterocycles. The normalized spacial score (nSPS) is 11.5. The third-order valence-corrected chi connectivity index (χ3v) is 4.03. The second-order valence-corrected chi connectivity index (χ2v) is 5.26. The van der Waals surface area contributed by atoms with Gasteiger partial charge in [0.25, 0.3) is 0 Å². The first kappa shape index (κ1) is 20.2. The third kappa shape index (κ3) is 5.84. The van der Waals surface area contributed by atoms with E-state index in [4.69, 9.17) is 0 Å². The van der Waals surface area contributed by atoms with E-state index in [9.17, 15) is 0 Å². The monoisotopic (exact) mass is 407 g/mol. The number of nitrogens with one attached hydrogen (secondary N) is 2. The molecule has 0 bridgehead atoms. The number of guanidine groups is 1. The minimum atomic E-state index is 0. The lowest BCUT2D eigenvalue weighted by Gasteiger charge is -2.16. The fraction of sp³-hybridized carbons (Fsp3) is 0.733. The summed E-state index contributed by atoms with van der Waals surface area (Å²) in [5, 5.41) is 11.2. The highest BCUT2D eigenvalue weighted by Gasteiger charge is 2.10. The fourth-order valence-electron chi connectivity index (χ4n) is 2.28. The van der Waals surface area contributed by atoms with E-state index in [1.54, 1.807) is 0 Å². The summed E-state index contributed by atoms with van der Waals surface area (Å²) >= 11 is 0. The van der Waals surface area contributed by atoms with Crippen molar-refractivity contribution in [2.75, 3.05) is 13.6 Å². The highest BCUT2D eigenvalue weighted by Crippen LogP contribution is 2.11. The van der Waals surface area contributed by atoms with Gasteiger partial charge in [0, 0.05) is 38.4 Å². The lowest BCUT2D eigenvalue weighted by atomic mass is 10.0. The van der Waals surface area contributed by atoms with Gasteiger partial charge in [0.2, 0.25) is 0 Å². The molecular formula is C15H30IN5. The van der Waals surface area contributed by atoms with Crippen molar-refractivity contribution in [3.05, 3.63) is 17.0 Å². The summed E-state index contributed by atoms with van der Waals surface area (Å²) in [6.45, 7) is 10.3. The van der Waals surface area contributed by atoms with E-state index < -0.39 is 0 Å². The quantitative estimate of drug-likeness (QED) is 0.433. The molecule has 0 saturated carbocycles. The number of aliphatic imine (C=N–C) groups is 1. The van der Waals surface area contributed by atoms with Crippen molar-refractivity contribution in [2.45, 2.75) is 47.1 Å². The maximum atomic E-state index is 4.43. The molecule has 2 N–H and O–H groups in total. The lowest BCUT2D eigenvalue weighted by molar-refractivity contribution is 0.481. The molecule has 0 atom stereocenters. The third-order valence-electron chi connectivity index (χ3n) is 4.03. The summed E-state index contributed by atoms with van der Waals surface area (Å²) < 4.78 is 1.92. The summed E-state index contributed by atoms with van der Waals surface area (Å²) in [6, 6.07) is 0. The zero-order valence-corrected chi connectivity index (χ0v) is 16.5. The first-order valence-corrected chi connectivity index (χ1v) is 7.46. The maximum Gasteiger partial charge on any atom is 0.191 e. The molecule has 0 spiro atoms. The Morgan fingerprint density at radius 1 is 1.24 bits per heavy atom. The molecule has 0 aliphatic heterocycles. The van der Waals surface area contributed by atoms with Crippen LogP contribution in [0.15, 0.2) is 4.99 Å². The Balaban J connectivity index is 0.00000400. The molecule has 1 aromatic heterocycles. The molecule has 0 aliphatic rings. The zero-order valence-electron chi connectivity index (χ0n) is 14.2. The van der Waals surface area contributed by atoms with Gasteiger partial charge in [-0.25, -0.2) is 0 Å². The fourth-order valence-corrected chi connectivity index (χ4v) is 2.28. The van der Waals surface area contributed by atoms with Crippen molar-refractivity contribution in [1.82, 2.24) is 20.4 Å². The van der Waals surface area contributed by atoms with Crippen molar-refractivity contribution in [2.24, 2.45) is 18.0 Å². The van der Waals surface area contributed by atoms with Gasteiger partial charge in [-0.3, -0.25) is 9.67 Å². The predicted molar refractivity (Wildman–Crippen MR) is 100 cm³/mol. The Kier molecular flexibility index (Phi) is 9.65. The Bertz CT molecular complexity index is 449. The van der Waals surface area contributed by atoms with Crippen LogP contribution in [0.1, 0.15) is 43.6 Å². The summed E-state index contributed by atoms with van der Waals surface area (Å²) in [4.78, 5) is 4.28. The second-order valence-electron chi connectivity index (χ2n) is 5.26. The molecule has 0 aromatic carbocycles. The van der Waals surface area contributed by atoms with Gasteiger partial charge < -0.3 is 10.6 Å². The van der Waals surface area contributed by atoms with E-state index in [0.717, 1.165) is 24.7 Å². The first-order chi connectivity index (χ1) is 9.53. The van der Waals surface area contributed by atoms with Crippen LogP contribution < -0.4 is 10.6 Å². The van der Waals surface area contributed by atoms with Crippen LogP contribution >= 0.6 is 24.0 Å². The molecule has 0 aliphatic carbocycles. The number of aromatic nitrogens is 2. The molecule has 1 aromatic rings. The highest BCUT2D eigenvalue weighted by atomic mass is 127. The first-order valence-electron chi connectivity index (χ1n) is 7.46. The van der Waals surface area contributed by atoms with Crippen LogP contribution in [-0.4, -0.2) is 29.3 Å². The van der Waals surface area contributed by atoms with Crippen molar-refractivity contribution in [3.63, 3.8) is 0 Å². The van der Waals surface area contributed by atoms with Crippen LogP contribution in [0, 0.1) is 19.8 Å². The van der Waals surface area contributed by atoms with Gasteiger partial charge in [-0.15, -0.1) is 24.0 Å². The SMILES string of the molecule is CCC(CC)CNC(=NC)NCc1c(C)nn(C)c1C.I. The van der Waals surface area contributed by atoms with Crippen molar-refractivity contribution < 1.29 is 0 Å². The Morgan fingerprint density at radius 3 is 2.29 bits per heavy atom. The van der Waals surface area contributed by atoms with Crippen molar-refractivity contribution >= 4 is 29.9 Å². The predicted octanol–water partition coefficient (Wildman–Crippen LogP) is 2.76. The van der Waals surface area contributed by atoms with Crippen LogP contribution in [0.25, 0.3) is 0 Å². The average Bonchev–Trinajstić information content (AvgIpc) is 2.68. The van der Waals surface area contributed by atoms with Gasteiger partial charge in [-0.1, -0.05) is 26.7 Å². The number of rotatable bonds is 6. The van der Waals surface area contributed by atoms with E-state index in [1.165, 1.54) is 24.1 Å². The van der Waals surface area contributed by atoms with Gasteiger partial charge in [0.1, 0.15) is 0 Å². The van der Waals surface area contributed by atoms with Gasteiger partial charge in [-0.05, 0) is 19.8 Å². The van der Waals surface area contributed by atoms with E-state index in [1.807, 2.05) is 25.7 Å². The molecule has 0 radical (unpaired) electrons. The van der Waals surface area contributed by atoms with Crippen LogP contribution in [-0.2, 0) is 13.6 Å². The Labute approximate surface area is 146 Å². The summed E-state index contributed by atoms with van der Waals surface area (Å²) in [5.41, 5.74) is 3.52. The summed E-state index contributed by atoms with van der Waals surface area (Å²) in [7, 11) is 3.79.